The van der Waals surface area contributed by atoms with E-state index in [0.29, 0.717) is 6.54 Å². The third-order valence-electron chi connectivity index (χ3n) is 3.41. The summed E-state index contributed by atoms with van der Waals surface area (Å²) in [5.74, 6) is -0.385. The molecule has 1 unspecified atom stereocenters. The zero-order valence-electron chi connectivity index (χ0n) is 11.9. The molecule has 0 amide bonds. The normalized spacial score (nSPS) is 12.2. The van der Waals surface area contributed by atoms with Gasteiger partial charge in [-0.15, -0.1) is 0 Å². The van der Waals surface area contributed by atoms with Crippen LogP contribution in [0.1, 0.15) is 6.92 Å². The summed E-state index contributed by atoms with van der Waals surface area (Å²) in [7, 11) is 1.36. The number of fused-ring (bicyclic) bond motifs is 1. The Morgan fingerprint density at radius 2 is 1.95 bits per heavy atom. The molecular formula is C16H20N2O2. The Morgan fingerprint density at radius 3 is 2.65 bits per heavy atom. The molecule has 1 atom stereocenters. The zero-order chi connectivity index (χ0) is 14.5. The van der Waals surface area contributed by atoms with Crippen molar-refractivity contribution in [2.24, 2.45) is 5.73 Å². The number of hydrogen-bond acceptors (Lipinski definition) is 4. The van der Waals surface area contributed by atoms with Crippen molar-refractivity contribution in [3.63, 3.8) is 0 Å². The monoisotopic (exact) mass is 272 g/mol. The maximum atomic E-state index is 11.5. The van der Waals surface area contributed by atoms with Crippen molar-refractivity contribution in [1.82, 2.24) is 0 Å². The van der Waals surface area contributed by atoms with Crippen molar-refractivity contribution in [2.45, 2.75) is 13.0 Å². The third kappa shape index (κ3) is 2.91. The second-order valence-electron chi connectivity index (χ2n) is 4.67. The van der Waals surface area contributed by atoms with Crippen LogP contribution in [-0.4, -0.2) is 32.2 Å². The van der Waals surface area contributed by atoms with E-state index < -0.39 is 6.04 Å². The molecule has 0 fully saturated rings. The van der Waals surface area contributed by atoms with E-state index in [4.69, 9.17) is 10.5 Å². The summed E-state index contributed by atoms with van der Waals surface area (Å²) in [6, 6.07) is 13.7. The number of nitrogens with zero attached hydrogens (tertiary/aromatic N) is 1. The second-order valence-corrected chi connectivity index (χ2v) is 4.67. The van der Waals surface area contributed by atoms with E-state index in [1.54, 1.807) is 0 Å². The minimum atomic E-state index is -0.640. The van der Waals surface area contributed by atoms with Crippen molar-refractivity contribution in [3.8, 4) is 0 Å². The van der Waals surface area contributed by atoms with Gasteiger partial charge in [0.15, 0.2) is 0 Å². The van der Waals surface area contributed by atoms with Gasteiger partial charge in [-0.3, -0.25) is 4.79 Å². The van der Waals surface area contributed by atoms with E-state index in [1.165, 1.54) is 12.5 Å². The molecule has 2 aromatic rings. The van der Waals surface area contributed by atoms with Crippen LogP contribution in [0.3, 0.4) is 0 Å². The molecule has 0 aromatic heterocycles. The van der Waals surface area contributed by atoms with E-state index in [2.05, 4.69) is 29.2 Å². The Hall–Kier alpha value is -2.07. The number of esters is 1. The molecule has 4 heteroatoms. The second kappa shape index (κ2) is 6.39. The van der Waals surface area contributed by atoms with Gasteiger partial charge in [-0.25, -0.2) is 0 Å². The molecule has 0 heterocycles. The first-order valence-electron chi connectivity index (χ1n) is 6.73. The van der Waals surface area contributed by atoms with Crippen molar-refractivity contribution >= 4 is 22.4 Å². The summed E-state index contributed by atoms with van der Waals surface area (Å²) in [6.45, 7) is 3.27. The first-order chi connectivity index (χ1) is 9.67. The molecular weight excluding hydrogens is 252 g/mol. The minimum Gasteiger partial charge on any atom is -0.468 e. The van der Waals surface area contributed by atoms with E-state index in [1.807, 2.05) is 25.1 Å². The summed E-state index contributed by atoms with van der Waals surface area (Å²) in [4.78, 5) is 13.6. The van der Waals surface area contributed by atoms with Gasteiger partial charge in [-0.2, -0.15) is 0 Å². The summed E-state index contributed by atoms with van der Waals surface area (Å²) < 4.78 is 4.69. The fourth-order valence-electron chi connectivity index (χ4n) is 2.35. The summed E-state index contributed by atoms with van der Waals surface area (Å²) in [5.41, 5.74) is 6.96. The lowest BCUT2D eigenvalue weighted by Crippen LogP contribution is -2.43. The first-order valence-corrected chi connectivity index (χ1v) is 6.73. The molecule has 0 aliphatic heterocycles. The predicted molar refractivity (Wildman–Crippen MR) is 81.8 cm³/mol. The van der Waals surface area contributed by atoms with E-state index >= 15 is 0 Å². The first kappa shape index (κ1) is 14.3. The van der Waals surface area contributed by atoms with Crippen molar-refractivity contribution in [2.75, 3.05) is 25.1 Å². The number of anilines is 1. The highest BCUT2D eigenvalue weighted by molar-refractivity contribution is 5.94. The molecule has 0 aliphatic carbocycles. The van der Waals surface area contributed by atoms with Gasteiger partial charge in [0.2, 0.25) is 0 Å². The van der Waals surface area contributed by atoms with Crippen LogP contribution in [0.2, 0.25) is 0 Å². The molecule has 106 valence electrons. The molecule has 2 N–H and O–H groups in total. The van der Waals surface area contributed by atoms with Crippen molar-refractivity contribution in [1.29, 1.82) is 0 Å². The SMILES string of the molecule is CCN(CC(N)C(=O)OC)c1cccc2ccccc12. The Morgan fingerprint density at radius 1 is 1.25 bits per heavy atom. The molecule has 4 nitrogen and oxygen atoms in total. The number of hydrogen-bond donors (Lipinski definition) is 1. The Balaban J connectivity index is 2.32. The summed E-state index contributed by atoms with van der Waals surface area (Å²) in [5, 5.41) is 2.34. The van der Waals surface area contributed by atoms with Crippen LogP contribution < -0.4 is 10.6 Å². The Bertz CT molecular complexity index is 593. The summed E-state index contributed by atoms with van der Waals surface area (Å²) >= 11 is 0. The maximum Gasteiger partial charge on any atom is 0.324 e. The molecule has 20 heavy (non-hydrogen) atoms. The van der Waals surface area contributed by atoms with Gasteiger partial charge in [0.25, 0.3) is 0 Å². The standard InChI is InChI=1S/C16H20N2O2/c1-3-18(11-14(17)16(19)20-2)15-10-6-8-12-7-4-5-9-13(12)15/h4-10,14H,3,11,17H2,1-2H3. The molecule has 0 radical (unpaired) electrons. The fourth-order valence-corrected chi connectivity index (χ4v) is 2.35. The number of carbonyl (C=O) groups is 1. The minimum absolute atomic E-state index is 0.385. The highest BCUT2D eigenvalue weighted by atomic mass is 16.5. The Labute approximate surface area is 119 Å². The smallest absolute Gasteiger partial charge is 0.324 e. The van der Waals surface area contributed by atoms with Gasteiger partial charge in [0, 0.05) is 24.2 Å². The largest absolute Gasteiger partial charge is 0.468 e. The predicted octanol–water partition coefficient (Wildman–Crippen LogP) is 2.17. The van der Waals surface area contributed by atoms with Crippen LogP contribution >= 0.6 is 0 Å². The molecule has 2 rings (SSSR count). The third-order valence-corrected chi connectivity index (χ3v) is 3.41. The number of methoxy groups -OCH3 is 1. The van der Waals surface area contributed by atoms with Gasteiger partial charge in [0.05, 0.1) is 7.11 Å². The number of rotatable bonds is 5. The maximum absolute atomic E-state index is 11.5. The van der Waals surface area contributed by atoms with E-state index in [0.717, 1.165) is 17.6 Å². The summed E-state index contributed by atoms with van der Waals surface area (Å²) in [6.07, 6.45) is 0. The van der Waals surface area contributed by atoms with Crippen molar-refractivity contribution in [3.05, 3.63) is 42.5 Å². The average Bonchev–Trinajstić information content (AvgIpc) is 2.51. The molecule has 0 bridgehead atoms. The van der Waals surface area contributed by atoms with E-state index in [-0.39, 0.29) is 5.97 Å². The molecule has 0 saturated heterocycles. The number of likely N-dealkylation sites (N-methyl/N-ethyl adjacent to an activating group) is 1. The van der Waals surface area contributed by atoms with Gasteiger partial charge >= 0.3 is 5.97 Å². The van der Waals surface area contributed by atoms with Gasteiger partial charge in [0.1, 0.15) is 6.04 Å². The van der Waals surface area contributed by atoms with Crippen LogP contribution in [0.15, 0.2) is 42.5 Å². The lowest BCUT2D eigenvalue weighted by Gasteiger charge is -2.26. The van der Waals surface area contributed by atoms with Crippen LogP contribution in [0.25, 0.3) is 10.8 Å². The number of ether oxygens (including phenoxy) is 1. The van der Waals surface area contributed by atoms with Crippen LogP contribution in [0.4, 0.5) is 5.69 Å². The number of benzene rings is 2. The highest BCUT2D eigenvalue weighted by Crippen LogP contribution is 2.26. The van der Waals surface area contributed by atoms with E-state index in [9.17, 15) is 4.79 Å². The zero-order valence-corrected chi connectivity index (χ0v) is 11.9. The van der Waals surface area contributed by atoms with Gasteiger partial charge < -0.3 is 15.4 Å². The number of nitrogens with two attached hydrogens (primary N) is 1. The highest BCUT2D eigenvalue weighted by Gasteiger charge is 2.18. The molecule has 2 aromatic carbocycles. The Kier molecular flexibility index (Phi) is 4.58. The van der Waals surface area contributed by atoms with Gasteiger partial charge in [-0.05, 0) is 18.4 Å². The molecule has 0 aliphatic rings. The lowest BCUT2D eigenvalue weighted by molar-refractivity contribution is -0.141. The topological polar surface area (TPSA) is 55.6 Å². The van der Waals surface area contributed by atoms with Crippen LogP contribution in [0, 0.1) is 0 Å². The van der Waals surface area contributed by atoms with Crippen molar-refractivity contribution < 1.29 is 9.53 Å². The fraction of sp³-hybridized carbons (Fsp3) is 0.312. The van der Waals surface area contributed by atoms with Gasteiger partial charge in [-0.1, -0.05) is 36.4 Å². The molecule has 0 saturated carbocycles. The van der Waals surface area contributed by atoms with Crippen LogP contribution in [0.5, 0.6) is 0 Å². The van der Waals surface area contributed by atoms with Crippen LogP contribution in [-0.2, 0) is 9.53 Å². The molecule has 0 spiro atoms. The number of carbonyl (C=O) groups excluding carboxylic acids is 1. The quantitative estimate of drug-likeness (QED) is 0.848. The average molecular weight is 272 g/mol. The lowest BCUT2D eigenvalue weighted by atomic mass is 10.1.